The number of hydrogen-bond donors (Lipinski definition) is 0. The summed E-state index contributed by atoms with van der Waals surface area (Å²) in [6.45, 7) is 9.10. The molecular formula is C17H22BNO2. The highest BCUT2D eigenvalue weighted by Crippen LogP contribution is 2.38. The van der Waals surface area contributed by atoms with Crippen LogP contribution in [-0.2, 0) is 9.31 Å². The van der Waals surface area contributed by atoms with Crippen LogP contribution in [0.25, 0.3) is 5.57 Å². The summed E-state index contributed by atoms with van der Waals surface area (Å²) in [7, 11) is -0.335. The zero-order chi connectivity index (χ0) is 15.1. The fourth-order valence-corrected chi connectivity index (χ4v) is 2.50. The third-order valence-electron chi connectivity index (χ3n) is 4.58. The lowest BCUT2D eigenvalue weighted by Gasteiger charge is -2.32. The Hall–Kier alpha value is -1.52. The van der Waals surface area contributed by atoms with E-state index in [1.165, 1.54) is 11.1 Å². The second-order valence-corrected chi connectivity index (χ2v) is 6.64. The second kappa shape index (κ2) is 5.04. The van der Waals surface area contributed by atoms with Gasteiger partial charge in [-0.3, -0.25) is 0 Å². The lowest BCUT2D eigenvalue weighted by molar-refractivity contribution is 0.00578. The first-order valence-corrected chi connectivity index (χ1v) is 7.43. The molecule has 2 aliphatic heterocycles. The molecule has 3 nitrogen and oxygen atoms in total. The van der Waals surface area contributed by atoms with E-state index in [1.54, 1.807) is 0 Å². The van der Waals surface area contributed by atoms with Gasteiger partial charge >= 0.3 is 7.25 Å². The van der Waals surface area contributed by atoms with Gasteiger partial charge in [-0.05, 0) is 51.1 Å². The zero-order valence-electron chi connectivity index (χ0n) is 13.2. The Morgan fingerprint density at radius 1 is 1.00 bits per heavy atom. The molecule has 21 heavy (non-hydrogen) atoms. The maximum absolute atomic E-state index is 6.11. The maximum atomic E-state index is 6.11. The highest BCUT2D eigenvalue weighted by atomic mass is 16.7. The van der Waals surface area contributed by atoms with Gasteiger partial charge in [-0.2, -0.15) is 0 Å². The molecule has 2 heterocycles. The van der Waals surface area contributed by atoms with E-state index in [2.05, 4.69) is 68.9 Å². The maximum Gasteiger partial charge on any atom is 0.594 e. The van der Waals surface area contributed by atoms with Crippen molar-refractivity contribution in [2.45, 2.75) is 38.9 Å². The fraction of sp³-hybridized carbons (Fsp3) is 0.412. The minimum Gasteiger partial charge on any atom is -0.384 e. The number of allylic oxidation sites excluding steroid dienone is 2. The van der Waals surface area contributed by atoms with Crippen molar-refractivity contribution in [2.75, 3.05) is 6.54 Å². The summed E-state index contributed by atoms with van der Waals surface area (Å²) < 4.78 is 12.2. The average Bonchev–Trinajstić information content (AvgIpc) is 2.69. The van der Waals surface area contributed by atoms with Crippen LogP contribution in [0.3, 0.4) is 0 Å². The van der Waals surface area contributed by atoms with Gasteiger partial charge in [-0.1, -0.05) is 36.4 Å². The predicted octanol–water partition coefficient (Wildman–Crippen LogP) is 3.49. The van der Waals surface area contributed by atoms with Crippen LogP contribution in [-0.4, -0.2) is 29.8 Å². The summed E-state index contributed by atoms with van der Waals surface area (Å²) in [4.78, 5) is 2.11. The van der Waals surface area contributed by atoms with Gasteiger partial charge in [0.05, 0.1) is 11.2 Å². The normalized spacial score (nSPS) is 23.3. The van der Waals surface area contributed by atoms with Crippen LogP contribution in [0.5, 0.6) is 0 Å². The Labute approximate surface area is 127 Å². The molecule has 2 aliphatic rings. The van der Waals surface area contributed by atoms with Crippen molar-refractivity contribution >= 4 is 12.8 Å². The Morgan fingerprint density at radius 2 is 1.62 bits per heavy atom. The summed E-state index contributed by atoms with van der Waals surface area (Å²) >= 11 is 0. The Balaban J connectivity index is 1.76. The molecular weight excluding hydrogens is 261 g/mol. The SMILES string of the molecule is CC1(C)OB(N2C=CC=C(c3ccccc3)C2)OC1(C)C. The number of benzene rings is 1. The first-order chi connectivity index (χ1) is 9.89. The topological polar surface area (TPSA) is 21.7 Å². The van der Waals surface area contributed by atoms with Crippen LogP contribution in [0.2, 0.25) is 0 Å². The molecule has 0 radical (unpaired) electrons. The summed E-state index contributed by atoms with van der Waals surface area (Å²) in [6.07, 6.45) is 6.24. The van der Waals surface area contributed by atoms with E-state index >= 15 is 0 Å². The Morgan fingerprint density at radius 3 is 2.24 bits per heavy atom. The summed E-state index contributed by atoms with van der Waals surface area (Å²) in [5.41, 5.74) is 1.90. The van der Waals surface area contributed by atoms with Gasteiger partial charge < -0.3 is 14.1 Å². The smallest absolute Gasteiger partial charge is 0.384 e. The van der Waals surface area contributed by atoms with Gasteiger partial charge in [-0.15, -0.1) is 0 Å². The van der Waals surface area contributed by atoms with Crippen molar-refractivity contribution in [3.63, 3.8) is 0 Å². The van der Waals surface area contributed by atoms with E-state index in [-0.39, 0.29) is 18.5 Å². The van der Waals surface area contributed by atoms with E-state index in [0.717, 1.165) is 6.54 Å². The molecule has 1 saturated heterocycles. The lowest BCUT2D eigenvalue weighted by atomic mass is 9.90. The molecule has 4 heteroatoms. The van der Waals surface area contributed by atoms with Gasteiger partial charge in [0.1, 0.15) is 0 Å². The molecule has 0 aromatic heterocycles. The summed E-state index contributed by atoms with van der Waals surface area (Å²) in [5.74, 6) is 0. The predicted molar refractivity (Wildman–Crippen MR) is 86.3 cm³/mol. The highest BCUT2D eigenvalue weighted by Gasteiger charge is 2.53. The fourth-order valence-electron chi connectivity index (χ4n) is 2.50. The van der Waals surface area contributed by atoms with Crippen LogP contribution in [0.15, 0.2) is 48.7 Å². The molecule has 1 aromatic rings. The van der Waals surface area contributed by atoms with Crippen LogP contribution < -0.4 is 0 Å². The molecule has 0 spiro atoms. The third kappa shape index (κ3) is 2.66. The van der Waals surface area contributed by atoms with E-state index in [9.17, 15) is 0 Å². The van der Waals surface area contributed by atoms with Crippen molar-refractivity contribution in [1.82, 2.24) is 4.81 Å². The molecule has 1 aromatic carbocycles. The quantitative estimate of drug-likeness (QED) is 0.775. The van der Waals surface area contributed by atoms with Gasteiger partial charge in [0.25, 0.3) is 0 Å². The highest BCUT2D eigenvalue weighted by molar-refractivity contribution is 6.42. The van der Waals surface area contributed by atoms with E-state index in [4.69, 9.17) is 9.31 Å². The van der Waals surface area contributed by atoms with Gasteiger partial charge in [-0.25, -0.2) is 0 Å². The molecule has 0 atom stereocenters. The zero-order valence-corrected chi connectivity index (χ0v) is 13.2. The standard InChI is InChI=1S/C17H22BNO2/c1-16(2)17(3,4)21-18(20-16)19-12-8-11-15(13-19)14-9-6-5-7-10-14/h5-12H,13H2,1-4H3. The van der Waals surface area contributed by atoms with Crippen LogP contribution in [0, 0.1) is 0 Å². The van der Waals surface area contributed by atoms with Crippen molar-refractivity contribution in [3.8, 4) is 0 Å². The van der Waals surface area contributed by atoms with Crippen LogP contribution in [0.1, 0.15) is 33.3 Å². The van der Waals surface area contributed by atoms with Crippen LogP contribution >= 0.6 is 0 Å². The number of nitrogens with zero attached hydrogens (tertiary/aromatic N) is 1. The molecule has 110 valence electrons. The van der Waals surface area contributed by atoms with E-state index in [1.807, 2.05) is 12.3 Å². The number of rotatable bonds is 2. The minimum absolute atomic E-state index is 0.306. The van der Waals surface area contributed by atoms with Crippen molar-refractivity contribution < 1.29 is 9.31 Å². The minimum atomic E-state index is -0.335. The first-order valence-electron chi connectivity index (χ1n) is 7.43. The molecule has 0 amide bonds. The molecule has 1 fully saturated rings. The van der Waals surface area contributed by atoms with E-state index in [0.29, 0.717) is 0 Å². The Kier molecular flexibility index (Phi) is 3.46. The molecule has 0 saturated carbocycles. The number of hydrogen-bond acceptors (Lipinski definition) is 3. The van der Waals surface area contributed by atoms with Crippen molar-refractivity contribution in [3.05, 3.63) is 54.2 Å². The lowest BCUT2D eigenvalue weighted by Crippen LogP contribution is -2.41. The summed E-state index contributed by atoms with van der Waals surface area (Å²) in [5, 5.41) is 0. The largest absolute Gasteiger partial charge is 0.594 e. The van der Waals surface area contributed by atoms with Crippen molar-refractivity contribution in [1.29, 1.82) is 0 Å². The second-order valence-electron chi connectivity index (χ2n) is 6.64. The van der Waals surface area contributed by atoms with Gasteiger partial charge in [0.2, 0.25) is 0 Å². The Bertz CT molecular complexity index is 562. The van der Waals surface area contributed by atoms with Crippen LogP contribution in [0.4, 0.5) is 0 Å². The molecule has 0 aliphatic carbocycles. The summed E-state index contributed by atoms with van der Waals surface area (Å²) in [6, 6.07) is 10.4. The van der Waals surface area contributed by atoms with E-state index < -0.39 is 0 Å². The molecule has 3 rings (SSSR count). The van der Waals surface area contributed by atoms with Gasteiger partial charge in [0.15, 0.2) is 0 Å². The molecule has 0 bridgehead atoms. The molecule has 0 unspecified atom stereocenters. The first kappa shape index (κ1) is 14.4. The monoisotopic (exact) mass is 283 g/mol. The molecule has 0 N–H and O–H groups in total. The average molecular weight is 283 g/mol. The van der Waals surface area contributed by atoms with Crippen molar-refractivity contribution in [2.24, 2.45) is 0 Å². The van der Waals surface area contributed by atoms with Gasteiger partial charge in [0, 0.05) is 6.54 Å². The third-order valence-corrected chi connectivity index (χ3v) is 4.58.